The summed E-state index contributed by atoms with van der Waals surface area (Å²) in [5.41, 5.74) is 3.43. The summed E-state index contributed by atoms with van der Waals surface area (Å²) in [7, 11) is -7.44. The van der Waals surface area contributed by atoms with Crippen LogP contribution < -0.4 is 5.32 Å². The molecule has 1 aliphatic heterocycles. The maximum atomic E-state index is 13.5. The molecule has 3 aromatic carbocycles. The van der Waals surface area contributed by atoms with Crippen LogP contribution in [0.15, 0.2) is 82.6 Å². The summed E-state index contributed by atoms with van der Waals surface area (Å²) in [6.07, 6.45) is 1.73. The molecule has 1 fully saturated rings. The average molecular weight is 556 g/mol. The van der Waals surface area contributed by atoms with E-state index in [9.17, 15) is 21.6 Å². The summed E-state index contributed by atoms with van der Waals surface area (Å²) >= 11 is 0. The van der Waals surface area contributed by atoms with Gasteiger partial charge in [-0.05, 0) is 62.1 Å². The molecule has 0 saturated carbocycles. The summed E-state index contributed by atoms with van der Waals surface area (Å²) in [5, 5.41) is 2.77. The Hall–Kier alpha value is -3.05. The highest BCUT2D eigenvalue weighted by molar-refractivity contribution is 7.89. The van der Waals surface area contributed by atoms with Gasteiger partial charge in [0.1, 0.15) is 0 Å². The number of nitrogens with one attached hydrogen (secondary N) is 1. The lowest BCUT2D eigenvalue weighted by Crippen LogP contribution is -2.40. The standard InChI is InChI=1S/C28H33N3O5S2/c1-22-8-12-26(13-9-22)38(35,36)31(20-25-7-5-6-23(2)18-25)21-28(32)29-19-24-10-14-27(15-11-24)37(33,34)30-16-3-4-17-30/h5-15,18H,3-4,16-17,19-21H2,1-2H3,(H,29,32). The van der Waals surface area contributed by atoms with E-state index in [-0.39, 0.29) is 29.4 Å². The Bertz CT molecular complexity index is 1480. The van der Waals surface area contributed by atoms with Crippen molar-refractivity contribution in [2.75, 3.05) is 19.6 Å². The Kier molecular flexibility index (Phi) is 8.67. The van der Waals surface area contributed by atoms with Gasteiger partial charge in [0.2, 0.25) is 26.0 Å². The van der Waals surface area contributed by atoms with Crippen molar-refractivity contribution in [2.45, 2.75) is 49.6 Å². The monoisotopic (exact) mass is 555 g/mol. The van der Waals surface area contributed by atoms with Crippen molar-refractivity contribution in [3.8, 4) is 0 Å². The van der Waals surface area contributed by atoms with E-state index in [4.69, 9.17) is 0 Å². The second kappa shape index (κ2) is 11.8. The fraction of sp³-hybridized carbons (Fsp3) is 0.321. The molecule has 0 unspecified atom stereocenters. The molecule has 0 bridgehead atoms. The second-order valence-electron chi connectivity index (χ2n) is 9.61. The van der Waals surface area contributed by atoms with Gasteiger partial charge in [0, 0.05) is 26.2 Å². The number of carbonyl (C=O) groups is 1. The first-order valence-electron chi connectivity index (χ1n) is 12.5. The van der Waals surface area contributed by atoms with Gasteiger partial charge < -0.3 is 5.32 Å². The molecular formula is C28H33N3O5S2. The Morgan fingerprint density at radius 3 is 2.08 bits per heavy atom. The third-order valence-electron chi connectivity index (χ3n) is 6.54. The van der Waals surface area contributed by atoms with Crippen molar-refractivity contribution in [1.82, 2.24) is 13.9 Å². The predicted molar refractivity (Wildman–Crippen MR) is 146 cm³/mol. The largest absolute Gasteiger partial charge is 0.351 e. The Morgan fingerprint density at radius 1 is 0.816 bits per heavy atom. The Labute approximate surface area is 225 Å². The van der Waals surface area contributed by atoms with E-state index in [1.807, 2.05) is 38.1 Å². The zero-order chi connectivity index (χ0) is 27.3. The average Bonchev–Trinajstić information content (AvgIpc) is 3.44. The molecule has 8 nitrogen and oxygen atoms in total. The molecule has 0 atom stereocenters. The van der Waals surface area contributed by atoms with Gasteiger partial charge in [-0.25, -0.2) is 16.8 Å². The Balaban J connectivity index is 1.45. The molecule has 10 heteroatoms. The molecule has 202 valence electrons. The number of carbonyl (C=O) groups excluding carboxylic acids is 1. The summed E-state index contributed by atoms with van der Waals surface area (Å²) in [6.45, 7) is 4.71. The van der Waals surface area contributed by atoms with Gasteiger partial charge in [-0.1, -0.05) is 59.7 Å². The molecule has 0 aliphatic carbocycles. The van der Waals surface area contributed by atoms with Crippen LogP contribution in [0.1, 0.15) is 35.1 Å². The Morgan fingerprint density at radius 2 is 1.45 bits per heavy atom. The maximum Gasteiger partial charge on any atom is 0.243 e. The van der Waals surface area contributed by atoms with Gasteiger partial charge in [0.15, 0.2) is 0 Å². The lowest BCUT2D eigenvalue weighted by Gasteiger charge is -2.22. The van der Waals surface area contributed by atoms with Crippen molar-refractivity contribution >= 4 is 26.0 Å². The molecule has 3 aromatic rings. The molecule has 4 rings (SSSR count). The van der Waals surface area contributed by atoms with Crippen LogP contribution in [-0.2, 0) is 37.9 Å². The van der Waals surface area contributed by atoms with Crippen molar-refractivity contribution in [2.24, 2.45) is 0 Å². The highest BCUT2D eigenvalue weighted by Gasteiger charge is 2.28. The van der Waals surface area contributed by atoms with Crippen LogP contribution in [0, 0.1) is 13.8 Å². The molecule has 1 saturated heterocycles. The molecule has 0 aromatic heterocycles. The first kappa shape index (κ1) is 28.0. The quantitative estimate of drug-likeness (QED) is 0.412. The van der Waals surface area contributed by atoms with Crippen molar-refractivity contribution < 1.29 is 21.6 Å². The first-order chi connectivity index (χ1) is 18.1. The molecule has 1 amide bonds. The van der Waals surface area contributed by atoms with E-state index < -0.39 is 26.0 Å². The van der Waals surface area contributed by atoms with Crippen LogP contribution in [0.5, 0.6) is 0 Å². The first-order valence-corrected chi connectivity index (χ1v) is 15.4. The van der Waals surface area contributed by atoms with E-state index in [0.29, 0.717) is 18.7 Å². The van der Waals surface area contributed by atoms with E-state index in [1.165, 1.54) is 8.61 Å². The van der Waals surface area contributed by atoms with Crippen molar-refractivity contribution in [3.05, 3.63) is 95.1 Å². The van der Waals surface area contributed by atoms with Gasteiger partial charge in [-0.15, -0.1) is 0 Å². The smallest absolute Gasteiger partial charge is 0.243 e. The number of hydrogen-bond acceptors (Lipinski definition) is 5. The predicted octanol–water partition coefficient (Wildman–Crippen LogP) is 3.60. The van der Waals surface area contributed by atoms with Crippen LogP contribution >= 0.6 is 0 Å². The minimum atomic E-state index is -3.94. The lowest BCUT2D eigenvalue weighted by molar-refractivity contribution is -0.121. The number of nitrogens with zero attached hydrogens (tertiary/aromatic N) is 2. The summed E-state index contributed by atoms with van der Waals surface area (Å²) < 4.78 is 55.1. The van der Waals surface area contributed by atoms with Crippen LogP contribution in [0.2, 0.25) is 0 Å². The van der Waals surface area contributed by atoms with E-state index >= 15 is 0 Å². The number of sulfonamides is 2. The molecule has 1 heterocycles. The van der Waals surface area contributed by atoms with Gasteiger partial charge in [0.05, 0.1) is 16.3 Å². The molecular weight excluding hydrogens is 522 g/mol. The van der Waals surface area contributed by atoms with Crippen LogP contribution in [0.25, 0.3) is 0 Å². The number of hydrogen-bond donors (Lipinski definition) is 1. The summed E-state index contributed by atoms with van der Waals surface area (Å²) in [6, 6.07) is 20.5. The van der Waals surface area contributed by atoms with Crippen molar-refractivity contribution in [3.63, 3.8) is 0 Å². The molecule has 38 heavy (non-hydrogen) atoms. The fourth-order valence-electron chi connectivity index (χ4n) is 4.37. The number of rotatable bonds is 10. The highest BCUT2D eigenvalue weighted by Crippen LogP contribution is 2.22. The van der Waals surface area contributed by atoms with E-state index in [2.05, 4.69) is 5.32 Å². The van der Waals surface area contributed by atoms with Crippen LogP contribution in [0.4, 0.5) is 0 Å². The third kappa shape index (κ3) is 6.68. The second-order valence-corrected chi connectivity index (χ2v) is 13.5. The minimum absolute atomic E-state index is 0.0500. The normalized spacial score (nSPS) is 14.6. The highest BCUT2D eigenvalue weighted by atomic mass is 32.2. The molecule has 1 N–H and O–H groups in total. The molecule has 1 aliphatic rings. The summed E-state index contributed by atoms with van der Waals surface area (Å²) in [5.74, 6) is -0.456. The SMILES string of the molecule is Cc1ccc(S(=O)(=O)N(CC(=O)NCc2ccc(S(=O)(=O)N3CCCC3)cc2)Cc2cccc(C)c2)cc1. The van der Waals surface area contributed by atoms with Gasteiger partial charge in [-0.2, -0.15) is 8.61 Å². The molecule has 0 spiro atoms. The third-order valence-corrected chi connectivity index (χ3v) is 10.3. The van der Waals surface area contributed by atoms with Gasteiger partial charge >= 0.3 is 0 Å². The van der Waals surface area contributed by atoms with Gasteiger partial charge in [0.25, 0.3) is 0 Å². The van der Waals surface area contributed by atoms with E-state index in [1.54, 1.807) is 48.5 Å². The number of aryl methyl sites for hydroxylation is 2. The molecule has 0 radical (unpaired) electrons. The van der Waals surface area contributed by atoms with E-state index in [0.717, 1.165) is 29.5 Å². The topological polar surface area (TPSA) is 104 Å². The van der Waals surface area contributed by atoms with Crippen LogP contribution in [0.3, 0.4) is 0 Å². The number of benzene rings is 3. The van der Waals surface area contributed by atoms with Crippen molar-refractivity contribution in [1.29, 1.82) is 0 Å². The zero-order valence-electron chi connectivity index (χ0n) is 21.6. The van der Waals surface area contributed by atoms with Crippen LogP contribution in [-0.4, -0.2) is 51.0 Å². The lowest BCUT2D eigenvalue weighted by atomic mass is 10.1. The zero-order valence-corrected chi connectivity index (χ0v) is 23.3. The minimum Gasteiger partial charge on any atom is -0.351 e. The van der Waals surface area contributed by atoms with Gasteiger partial charge in [-0.3, -0.25) is 4.79 Å². The summed E-state index contributed by atoms with van der Waals surface area (Å²) in [4.78, 5) is 13.2. The fourth-order valence-corrected chi connectivity index (χ4v) is 7.27. The maximum absolute atomic E-state index is 13.5. The number of amides is 1.